The second kappa shape index (κ2) is 4.20. The Hall–Kier alpha value is -1.44. The first kappa shape index (κ1) is 11.1. The molecule has 0 aliphatic carbocycles. The average molecular weight is 214 g/mol. The number of fused-ring (bicyclic) bond motifs is 1. The van der Waals surface area contributed by atoms with Gasteiger partial charge in [-0.3, -0.25) is 9.97 Å². The molecule has 0 atom stereocenters. The molecule has 0 radical (unpaired) electrons. The highest BCUT2D eigenvalue weighted by molar-refractivity contribution is 5.81. The Morgan fingerprint density at radius 2 is 1.81 bits per heavy atom. The summed E-state index contributed by atoms with van der Waals surface area (Å²) in [4.78, 5) is 9.18. The standard InChI is InChI=1S/C14H18N2/c1-9(2)12-8-11-6-5-7-15-14(11)13(16-12)10(3)4/h5-10H,1-4H3. The zero-order valence-corrected chi connectivity index (χ0v) is 10.4. The summed E-state index contributed by atoms with van der Waals surface area (Å²) < 4.78 is 0. The van der Waals surface area contributed by atoms with Gasteiger partial charge in [0.25, 0.3) is 0 Å². The van der Waals surface area contributed by atoms with Crippen LogP contribution in [0, 0.1) is 0 Å². The van der Waals surface area contributed by atoms with Gasteiger partial charge in [-0.1, -0.05) is 33.8 Å². The van der Waals surface area contributed by atoms with Crippen molar-refractivity contribution in [1.29, 1.82) is 0 Å². The van der Waals surface area contributed by atoms with Crippen LogP contribution in [-0.2, 0) is 0 Å². The van der Waals surface area contributed by atoms with E-state index in [1.54, 1.807) is 0 Å². The minimum atomic E-state index is 0.413. The van der Waals surface area contributed by atoms with Crippen molar-refractivity contribution in [2.75, 3.05) is 0 Å². The van der Waals surface area contributed by atoms with Gasteiger partial charge in [0.15, 0.2) is 0 Å². The Balaban J connectivity index is 2.74. The first-order chi connectivity index (χ1) is 7.59. The number of pyridine rings is 2. The molecule has 0 saturated heterocycles. The highest BCUT2D eigenvalue weighted by Gasteiger charge is 2.11. The number of aromatic nitrogens is 2. The maximum absolute atomic E-state index is 4.74. The molecule has 16 heavy (non-hydrogen) atoms. The molecule has 2 rings (SSSR count). The van der Waals surface area contributed by atoms with Crippen LogP contribution in [0.4, 0.5) is 0 Å². The Labute approximate surface area is 96.7 Å². The molecular formula is C14H18N2. The Bertz CT molecular complexity index is 501. The molecular weight excluding hydrogens is 196 g/mol. The Morgan fingerprint density at radius 3 is 2.44 bits per heavy atom. The average Bonchev–Trinajstić information content (AvgIpc) is 2.27. The lowest BCUT2D eigenvalue weighted by molar-refractivity contribution is 0.772. The van der Waals surface area contributed by atoms with Gasteiger partial charge in [-0.25, -0.2) is 0 Å². The quantitative estimate of drug-likeness (QED) is 0.758. The number of rotatable bonds is 2. The van der Waals surface area contributed by atoms with Crippen LogP contribution in [0.1, 0.15) is 50.9 Å². The molecule has 0 fully saturated rings. The summed E-state index contributed by atoms with van der Waals surface area (Å²) >= 11 is 0. The molecule has 0 saturated carbocycles. The van der Waals surface area contributed by atoms with E-state index in [0.29, 0.717) is 11.8 Å². The molecule has 0 aliphatic heterocycles. The minimum Gasteiger partial charge on any atom is -0.255 e. The predicted octanol–water partition coefficient (Wildman–Crippen LogP) is 3.88. The fourth-order valence-electron chi connectivity index (χ4n) is 1.83. The Morgan fingerprint density at radius 1 is 1.06 bits per heavy atom. The van der Waals surface area contributed by atoms with Crippen molar-refractivity contribution in [2.24, 2.45) is 0 Å². The Kier molecular flexibility index (Phi) is 2.90. The van der Waals surface area contributed by atoms with E-state index in [-0.39, 0.29) is 0 Å². The molecule has 2 aromatic heterocycles. The molecule has 0 N–H and O–H groups in total. The molecule has 0 spiro atoms. The van der Waals surface area contributed by atoms with Crippen molar-refractivity contribution in [1.82, 2.24) is 9.97 Å². The highest BCUT2D eigenvalue weighted by atomic mass is 14.8. The first-order valence-electron chi connectivity index (χ1n) is 5.85. The van der Waals surface area contributed by atoms with E-state index in [9.17, 15) is 0 Å². The zero-order valence-electron chi connectivity index (χ0n) is 10.4. The van der Waals surface area contributed by atoms with Crippen molar-refractivity contribution in [3.8, 4) is 0 Å². The normalized spacial score (nSPS) is 11.6. The summed E-state index contributed by atoms with van der Waals surface area (Å²) in [6.45, 7) is 8.68. The second-order valence-corrected chi connectivity index (χ2v) is 4.82. The molecule has 2 nitrogen and oxygen atoms in total. The van der Waals surface area contributed by atoms with Gasteiger partial charge in [-0.15, -0.1) is 0 Å². The van der Waals surface area contributed by atoms with Crippen LogP contribution in [0.5, 0.6) is 0 Å². The fourth-order valence-corrected chi connectivity index (χ4v) is 1.83. The minimum absolute atomic E-state index is 0.413. The molecule has 0 amide bonds. The maximum Gasteiger partial charge on any atom is 0.0920 e. The van der Waals surface area contributed by atoms with Crippen LogP contribution in [0.2, 0.25) is 0 Å². The molecule has 0 bridgehead atoms. The highest BCUT2D eigenvalue weighted by Crippen LogP contribution is 2.25. The zero-order chi connectivity index (χ0) is 11.7. The lowest BCUT2D eigenvalue weighted by Gasteiger charge is -2.12. The van der Waals surface area contributed by atoms with Crippen LogP contribution in [-0.4, -0.2) is 9.97 Å². The smallest absolute Gasteiger partial charge is 0.0920 e. The topological polar surface area (TPSA) is 25.8 Å². The molecule has 2 heterocycles. The van der Waals surface area contributed by atoms with E-state index in [1.807, 2.05) is 12.3 Å². The van der Waals surface area contributed by atoms with Crippen LogP contribution in [0.3, 0.4) is 0 Å². The predicted molar refractivity (Wildman–Crippen MR) is 67.7 cm³/mol. The van der Waals surface area contributed by atoms with Gasteiger partial charge in [0.05, 0.1) is 11.2 Å². The maximum atomic E-state index is 4.74. The molecule has 0 aliphatic rings. The number of hydrogen-bond donors (Lipinski definition) is 0. The largest absolute Gasteiger partial charge is 0.255 e. The summed E-state index contributed by atoms with van der Waals surface area (Å²) in [6.07, 6.45) is 1.84. The SMILES string of the molecule is CC(C)c1cc2cccnc2c(C(C)C)n1. The van der Waals surface area contributed by atoms with Crippen molar-refractivity contribution < 1.29 is 0 Å². The van der Waals surface area contributed by atoms with Gasteiger partial charge in [-0.05, 0) is 24.0 Å². The third kappa shape index (κ3) is 1.92. The van der Waals surface area contributed by atoms with Crippen molar-refractivity contribution in [3.05, 3.63) is 35.8 Å². The van der Waals surface area contributed by atoms with Gasteiger partial charge >= 0.3 is 0 Å². The summed E-state index contributed by atoms with van der Waals surface area (Å²) in [5, 5.41) is 1.20. The van der Waals surface area contributed by atoms with Crippen LogP contribution in [0.25, 0.3) is 10.9 Å². The molecule has 0 aromatic carbocycles. The summed E-state index contributed by atoms with van der Waals surface area (Å²) in [5.74, 6) is 0.873. The van der Waals surface area contributed by atoms with E-state index in [4.69, 9.17) is 4.98 Å². The first-order valence-corrected chi connectivity index (χ1v) is 5.85. The van der Waals surface area contributed by atoms with E-state index >= 15 is 0 Å². The number of hydrogen-bond acceptors (Lipinski definition) is 2. The van der Waals surface area contributed by atoms with Gasteiger partial charge in [0, 0.05) is 17.3 Å². The van der Waals surface area contributed by atoms with Gasteiger partial charge in [-0.2, -0.15) is 0 Å². The van der Waals surface area contributed by atoms with Crippen LogP contribution in [0.15, 0.2) is 24.4 Å². The van der Waals surface area contributed by atoms with Gasteiger partial charge in [0.2, 0.25) is 0 Å². The lowest BCUT2D eigenvalue weighted by atomic mass is 10.0. The van der Waals surface area contributed by atoms with E-state index < -0.39 is 0 Å². The second-order valence-electron chi connectivity index (χ2n) is 4.82. The summed E-state index contributed by atoms with van der Waals surface area (Å²) in [5.41, 5.74) is 3.31. The molecule has 0 unspecified atom stereocenters. The third-order valence-corrected chi connectivity index (χ3v) is 2.77. The monoisotopic (exact) mass is 214 g/mol. The summed E-state index contributed by atoms with van der Waals surface area (Å²) in [6, 6.07) is 6.25. The van der Waals surface area contributed by atoms with Gasteiger partial charge in [0.1, 0.15) is 0 Å². The number of nitrogens with zero attached hydrogens (tertiary/aromatic N) is 2. The van der Waals surface area contributed by atoms with Crippen molar-refractivity contribution in [3.63, 3.8) is 0 Å². The van der Waals surface area contributed by atoms with Crippen LogP contribution >= 0.6 is 0 Å². The molecule has 84 valence electrons. The van der Waals surface area contributed by atoms with E-state index in [0.717, 1.165) is 16.9 Å². The lowest BCUT2D eigenvalue weighted by Crippen LogP contribution is -2.01. The molecule has 2 aromatic rings. The van der Waals surface area contributed by atoms with Crippen molar-refractivity contribution in [2.45, 2.75) is 39.5 Å². The van der Waals surface area contributed by atoms with E-state index in [1.165, 1.54) is 5.39 Å². The summed E-state index contributed by atoms with van der Waals surface area (Å²) in [7, 11) is 0. The molecule has 2 heteroatoms. The van der Waals surface area contributed by atoms with Gasteiger partial charge < -0.3 is 0 Å². The van der Waals surface area contributed by atoms with Crippen molar-refractivity contribution >= 4 is 10.9 Å². The third-order valence-electron chi connectivity index (χ3n) is 2.77. The van der Waals surface area contributed by atoms with E-state index in [2.05, 4.69) is 44.8 Å². The van der Waals surface area contributed by atoms with Crippen LogP contribution < -0.4 is 0 Å². The fraction of sp³-hybridized carbons (Fsp3) is 0.429.